The summed E-state index contributed by atoms with van der Waals surface area (Å²) in [5, 5.41) is 7.99. The van der Waals surface area contributed by atoms with Crippen molar-refractivity contribution in [1.29, 1.82) is 0 Å². The van der Waals surface area contributed by atoms with Crippen LogP contribution in [0, 0.1) is 11.8 Å². The van der Waals surface area contributed by atoms with Crippen LogP contribution in [0.4, 0.5) is 11.5 Å². The second kappa shape index (κ2) is 5.63. The second-order valence-corrected chi connectivity index (χ2v) is 5.75. The number of nitrogens with one attached hydrogen (secondary N) is 1. The fraction of sp³-hybridized carbons (Fsp3) is 0.786. The lowest BCUT2D eigenvalue weighted by Gasteiger charge is -2.12. The predicted octanol–water partition coefficient (Wildman–Crippen LogP) is 2.80. The molecule has 2 rings (SSSR count). The van der Waals surface area contributed by atoms with Crippen LogP contribution >= 0.6 is 0 Å². The minimum Gasteiger partial charge on any atom is -0.394 e. The van der Waals surface area contributed by atoms with Gasteiger partial charge in [0.15, 0.2) is 0 Å². The molecule has 0 amide bonds. The molecule has 2 unspecified atom stereocenters. The summed E-state index contributed by atoms with van der Waals surface area (Å²) in [5.74, 6) is 2.68. The lowest BCUT2D eigenvalue weighted by Crippen LogP contribution is -2.14. The summed E-state index contributed by atoms with van der Waals surface area (Å²) in [6, 6.07) is 0. The molecule has 0 aliphatic heterocycles. The maximum Gasteiger partial charge on any atom is 0.147 e. The van der Waals surface area contributed by atoms with Crippen LogP contribution in [0.2, 0.25) is 0 Å². The maximum atomic E-state index is 6.16. The number of aryl methyl sites for hydroxylation is 2. The van der Waals surface area contributed by atoms with Crippen LogP contribution in [0.1, 0.15) is 45.2 Å². The highest BCUT2D eigenvalue weighted by molar-refractivity contribution is 5.65. The average Bonchev–Trinajstić information content (AvgIpc) is 2.84. The van der Waals surface area contributed by atoms with Gasteiger partial charge in [0.25, 0.3) is 0 Å². The van der Waals surface area contributed by atoms with Crippen molar-refractivity contribution in [3.8, 4) is 0 Å². The van der Waals surface area contributed by atoms with Gasteiger partial charge in [0.1, 0.15) is 5.82 Å². The van der Waals surface area contributed by atoms with Crippen LogP contribution < -0.4 is 11.1 Å². The summed E-state index contributed by atoms with van der Waals surface area (Å²) in [6.07, 6.45) is 6.09. The fourth-order valence-corrected chi connectivity index (χ4v) is 2.98. The summed E-state index contributed by atoms with van der Waals surface area (Å²) >= 11 is 0. The van der Waals surface area contributed by atoms with Gasteiger partial charge in [-0.15, -0.1) is 0 Å². The Morgan fingerprint density at radius 1 is 1.44 bits per heavy atom. The first-order valence-corrected chi connectivity index (χ1v) is 7.17. The highest BCUT2D eigenvalue weighted by Crippen LogP contribution is 2.31. The molecule has 1 heterocycles. The standard InChI is InChI=1S/C14H26N4/c1-4-5-12-13(15)14(18(3)17-12)16-9-11-7-6-10(2)8-11/h10-11,16H,4-9,15H2,1-3H3. The van der Waals surface area contributed by atoms with Gasteiger partial charge in [-0.25, -0.2) is 0 Å². The Bertz CT molecular complexity index is 397. The van der Waals surface area contributed by atoms with E-state index in [1.807, 2.05) is 11.7 Å². The molecular weight excluding hydrogens is 224 g/mol. The largest absolute Gasteiger partial charge is 0.394 e. The van der Waals surface area contributed by atoms with Gasteiger partial charge >= 0.3 is 0 Å². The number of hydrogen-bond acceptors (Lipinski definition) is 3. The minimum absolute atomic E-state index is 0.795. The van der Waals surface area contributed by atoms with Crippen molar-refractivity contribution in [2.45, 2.75) is 46.0 Å². The van der Waals surface area contributed by atoms with Gasteiger partial charge in [0.2, 0.25) is 0 Å². The van der Waals surface area contributed by atoms with E-state index in [1.165, 1.54) is 19.3 Å². The number of nitrogens with two attached hydrogens (primary N) is 1. The Kier molecular flexibility index (Phi) is 4.15. The molecule has 1 aliphatic carbocycles. The van der Waals surface area contributed by atoms with Crippen LogP contribution in [-0.2, 0) is 13.5 Å². The molecular formula is C14H26N4. The van der Waals surface area contributed by atoms with Crippen molar-refractivity contribution < 1.29 is 0 Å². The van der Waals surface area contributed by atoms with Crippen LogP contribution in [0.3, 0.4) is 0 Å². The lowest BCUT2D eigenvalue weighted by molar-refractivity contribution is 0.535. The Morgan fingerprint density at radius 2 is 2.22 bits per heavy atom. The summed E-state index contributed by atoms with van der Waals surface area (Å²) in [7, 11) is 1.97. The monoisotopic (exact) mass is 250 g/mol. The first-order chi connectivity index (χ1) is 8.61. The van der Waals surface area contributed by atoms with E-state index in [0.29, 0.717) is 0 Å². The number of aromatic nitrogens is 2. The SMILES string of the molecule is CCCc1nn(C)c(NCC2CCC(C)C2)c1N. The van der Waals surface area contributed by atoms with E-state index >= 15 is 0 Å². The van der Waals surface area contributed by atoms with E-state index in [-0.39, 0.29) is 0 Å². The van der Waals surface area contributed by atoms with E-state index in [4.69, 9.17) is 5.73 Å². The van der Waals surface area contributed by atoms with Crippen molar-refractivity contribution in [2.24, 2.45) is 18.9 Å². The zero-order valence-corrected chi connectivity index (χ0v) is 11.9. The Labute approximate surface area is 110 Å². The van der Waals surface area contributed by atoms with Crippen LogP contribution in [0.15, 0.2) is 0 Å². The second-order valence-electron chi connectivity index (χ2n) is 5.75. The van der Waals surface area contributed by atoms with Crippen LogP contribution in [0.25, 0.3) is 0 Å². The van der Waals surface area contributed by atoms with Crippen molar-refractivity contribution in [3.05, 3.63) is 5.69 Å². The van der Waals surface area contributed by atoms with E-state index < -0.39 is 0 Å². The topological polar surface area (TPSA) is 55.9 Å². The van der Waals surface area contributed by atoms with Gasteiger partial charge in [0, 0.05) is 13.6 Å². The third-order valence-corrected chi connectivity index (χ3v) is 4.01. The Balaban J connectivity index is 1.96. The first kappa shape index (κ1) is 13.2. The van der Waals surface area contributed by atoms with E-state index in [0.717, 1.165) is 48.4 Å². The van der Waals surface area contributed by atoms with Gasteiger partial charge in [0.05, 0.1) is 11.4 Å². The van der Waals surface area contributed by atoms with Crippen molar-refractivity contribution in [2.75, 3.05) is 17.6 Å². The van der Waals surface area contributed by atoms with Gasteiger partial charge in [-0.1, -0.05) is 26.7 Å². The van der Waals surface area contributed by atoms with Crippen LogP contribution in [-0.4, -0.2) is 16.3 Å². The van der Waals surface area contributed by atoms with Gasteiger partial charge in [-0.2, -0.15) is 5.10 Å². The molecule has 2 atom stereocenters. The normalized spacial score (nSPS) is 23.5. The minimum atomic E-state index is 0.795. The molecule has 4 heteroatoms. The maximum absolute atomic E-state index is 6.16. The molecule has 1 saturated carbocycles. The predicted molar refractivity (Wildman–Crippen MR) is 76.6 cm³/mol. The molecule has 1 aromatic heterocycles. The molecule has 1 fully saturated rings. The third kappa shape index (κ3) is 2.79. The van der Waals surface area contributed by atoms with Crippen LogP contribution in [0.5, 0.6) is 0 Å². The molecule has 18 heavy (non-hydrogen) atoms. The highest BCUT2D eigenvalue weighted by Gasteiger charge is 2.22. The number of hydrogen-bond donors (Lipinski definition) is 2. The third-order valence-electron chi connectivity index (χ3n) is 4.01. The van der Waals surface area contributed by atoms with Crippen molar-refractivity contribution in [3.63, 3.8) is 0 Å². The Hall–Kier alpha value is -1.19. The zero-order chi connectivity index (χ0) is 13.1. The van der Waals surface area contributed by atoms with Crippen molar-refractivity contribution in [1.82, 2.24) is 9.78 Å². The fourth-order valence-electron chi connectivity index (χ4n) is 2.98. The molecule has 0 radical (unpaired) electrons. The van der Waals surface area contributed by atoms with Gasteiger partial charge in [-0.3, -0.25) is 4.68 Å². The van der Waals surface area contributed by atoms with E-state index in [1.54, 1.807) is 0 Å². The van der Waals surface area contributed by atoms with E-state index in [9.17, 15) is 0 Å². The summed E-state index contributed by atoms with van der Waals surface area (Å²) in [5.41, 5.74) is 8.02. The quantitative estimate of drug-likeness (QED) is 0.845. The summed E-state index contributed by atoms with van der Waals surface area (Å²) < 4.78 is 1.89. The summed E-state index contributed by atoms with van der Waals surface area (Å²) in [4.78, 5) is 0. The molecule has 0 spiro atoms. The summed E-state index contributed by atoms with van der Waals surface area (Å²) in [6.45, 7) is 5.53. The molecule has 0 bridgehead atoms. The number of nitrogen functional groups attached to an aromatic ring is 1. The number of nitrogens with zero attached hydrogens (tertiary/aromatic N) is 2. The molecule has 1 aromatic rings. The smallest absolute Gasteiger partial charge is 0.147 e. The average molecular weight is 250 g/mol. The molecule has 0 aromatic carbocycles. The Morgan fingerprint density at radius 3 is 2.83 bits per heavy atom. The lowest BCUT2D eigenvalue weighted by atomic mass is 10.1. The highest BCUT2D eigenvalue weighted by atomic mass is 15.3. The van der Waals surface area contributed by atoms with Crippen molar-refractivity contribution >= 4 is 11.5 Å². The first-order valence-electron chi connectivity index (χ1n) is 7.17. The molecule has 4 nitrogen and oxygen atoms in total. The zero-order valence-electron chi connectivity index (χ0n) is 11.9. The van der Waals surface area contributed by atoms with E-state index in [2.05, 4.69) is 24.3 Å². The molecule has 3 N–H and O–H groups in total. The number of anilines is 2. The molecule has 0 saturated heterocycles. The molecule has 102 valence electrons. The molecule has 1 aliphatic rings. The number of rotatable bonds is 5. The van der Waals surface area contributed by atoms with Gasteiger partial charge in [-0.05, 0) is 31.1 Å². The van der Waals surface area contributed by atoms with Gasteiger partial charge < -0.3 is 11.1 Å².